The van der Waals surface area contributed by atoms with E-state index in [9.17, 15) is 9.18 Å². The van der Waals surface area contributed by atoms with Crippen molar-refractivity contribution < 1.29 is 9.18 Å². The maximum atomic E-state index is 13.6. The first-order valence-corrected chi connectivity index (χ1v) is 13.1. The van der Waals surface area contributed by atoms with Crippen LogP contribution in [0.15, 0.2) is 48.5 Å². The number of aryl methyl sites for hydroxylation is 2. The van der Waals surface area contributed by atoms with Crippen LogP contribution in [-0.4, -0.2) is 56.7 Å². The van der Waals surface area contributed by atoms with Gasteiger partial charge in [-0.05, 0) is 68.3 Å². The van der Waals surface area contributed by atoms with Crippen molar-refractivity contribution in [3.63, 3.8) is 0 Å². The molecule has 3 heterocycles. The Kier molecular flexibility index (Phi) is 7.37. The average molecular weight is 521 g/mol. The predicted molar refractivity (Wildman–Crippen MR) is 144 cm³/mol. The van der Waals surface area contributed by atoms with Gasteiger partial charge in [-0.1, -0.05) is 24.9 Å². The van der Waals surface area contributed by atoms with Crippen LogP contribution in [-0.2, 0) is 6.42 Å². The lowest BCUT2D eigenvalue weighted by Crippen LogP contribution is -2.35. The van der Waals surface area contributed by atoms with Gasteiger partial charge in [0, 0.05) is 43.2 Å². The fourth-order valence-electron chi connectivity index (χ4n) is 4.75. The van der Waals surface area contributed by atoms with E-state index in [1.165, 1.54) is 12.1 Å². The summed E-state index contributed by atoms with van der Waals surface area (Å²) in [5, 5.41) is 6.27. The van der Waals surface area contributed by atoms with Crippen LogP contribution in [0.25, 0.3) is 16.7 Å². The zero-order chi connectivity index (χ0) is 25.9. The molecule has 0 aliphatic carbocycles. The first-order valence-electron chi connectivity index (χ1n) is 12.8. The largest absolute Gasteiger partial charge is 0.354 e. The molecule has 1 aliphatic rings. The van der Waals surface area contributed by atoms with E-state index >= 15 is 0 Å². The number of benzene rings is 2. The van der Waals surface area contributed by atoms with Gasteiger partial charge in [0.05, 0.1) is 16.8 Å². The normalized spacial score (nSPS) is 14.3. The second-order valence-electron chi connectivity index (χ2n) is 9.38. The van der Waals surface area contributed by atoms with Crippen molar-refractivity contribution in [2.75, 3.05) is 31.1 Å². The quantitative estimate of drug-likeness (QED) is 0.330. The standard InChI is InChI=1S/C28H30ClFN6O/c1-3-4-6-24-31-26(25-19(2)33-36(27(25)32-24)23-13-11-22(30)12-14-23)34-15-5-16-35(18-17-34)28(37)20-7-9-21(29)10-8-20/h7-14H,3-6,15-18H2,1-2H3. The number of nitrogens with zero attached hydrogens (tertiary/aromatic N) is 6. The Balaban J connectivity index is 1.49. The lowest BCUT2D eigenvalue weighted by Gasteiger charge is -2.24. The van der Waals surface area contributed by atoms with E-state index in [4.69, 9.17) is 26.7 Å². The monoisotopic (exact) mass is 520 g/mol. The summed E-state index contributed by atoms with van der Waals surface area (Å²) in [6.07, 6.45) is 3.61. The third kappa shape index (κ3) is 5.30. The molecular weight excluding hydrogens is 491 g/mol. The Morgan fingerprint density at radius 3 is 2.49 bits per heavy atom. The van der Waals surface area contributed by atoms with Crippen LogP contribution >= 0.6 is 11.6 Å². The van der Waals surface area contributed by atoms with Crippen LogP contribution in [0, 0.1) is 12.7 Å². The van der Waals surface area contributed by atoms with Gasteiger partial charge in [0.15, 0.2) is 5.65 Å². The average Bonchev–Trinajstić information content (AvgIpc) is 3.07. The highest BCUT2D eigenvalue weighted by atomic mass is 35.5. The van der Waals surface area contributed by atoms with Gasteiger partial charge in [-0.25, -0.2) is 19.0 Å². The molecule has 5 rings (SSSR count). The smallest absolute Gasteiger partial charge is 0.253 e. The highest BCUT2D eigenvalue weighted by molar-refractivity contribution is 6.30. The molecule has 7 nitrogen and oxygen atoms in total. The fourth-order valence-corrected chi connectivity index (χ4v) is 4.88. The number of carbonyl (C=O) groups is 1. The van der Waals surface area contributed by atoms with Crippen molar-refractivity contribution in [3.8, 4) is 5.69 Å². The molecule has 1 aliphatic heterocycles. The third-order valence-corrected chi connectivity index (χ3v) is 6.98. The zero-order valence-electron chi connectivity index (χ0n) is 21.1. The number of carbonyl (C=O) groups excluding carboxylic acids is 1. The highest BCUT2D eigenvalue weighted by Crippen LogP contribution is 2.30. The van der Waals surface area contributed by atoms with Crippen LogP contribution in [0.5, 0.6) is 0 Å². The van der Waals surface area contributed by atoms with Gasteiger partial charge in [0.25, 0.3) is 5.91 Å². The molecule has 0 N–H and O–H groups in total. The number of halogens is 2. The number of aromatic nitrogens is 4. The van der Waals surface area contributed by atoms with Gasteiger partial charge >= 0.3 is 0 Å². The SMILES string of the molecule is CCCCc1nc(N2CCCN(C(=O)c3ccc(Cl)cc3)CC2)c2c(C)nn(-c3ccc(F)cc3)c2n1. The second kappa shape index (κ2) is 10.8. The molecule has 1 fully saturated rings. The number of rotatable bonds is 6. The molecule has 0 saturated carbocycles. The summed E-state index contributed by atoms with van der Waals surface area (Å²) in [6, 6.07) is 13.3. The molecule has 0 atom stereocenters. The fraction of sp³-hybridized carbons (Fsp3) is 0.357. The van der Waals surface area contributed by atoms with Crippen LogP contribution in [0.3, 0.4) is 0 Å². The summed E-state index contributed by atoms with van der Waals surface area (Å²) in [7, 11) is 0. The van der Waals surface area contributed by atoms with Gasteiger partial charge in [-0.2, -0.15) is 5.10 Å². The van der Waals surface area contributed by atoms with Gasteiger partial charge in [0.1, 0.15) is 17.5 Å². The lowest BCUT2D eigenvalue weighted by atomic mass is 10.2. The Morgan fingerprint density at radius 1 is 1.00 bits per heavy atom. The molecule has 2 aromatic carbocycles. The number of unbranched alkanes of at least 4 members (excludes halogenated alkanes) is 1. The van der Waals surface area contributed by atoms with E-state index < -0.39 is 0 Å². The molecule has 0 unspecified atom stereocenters. The summed E-state index contributed by atoms with van der Waals surface area (Å²) in [4.78, 5) is 27.2. The number of hydrogen-bond acceptors (Lipinski definition) is 5. The number of fused-ring (bicyclic) bond motifs is 1. The third-order valence-electron chi connectivity index (χ3n) is 6.73. The van der Waals surface area contributed by atoms with E-state index in [0.29, 0.717) is 30.2 Å². The Hall–Kier alpha value is -3.52. The summed E-state index contributed by atoms with van der Waals surface area (Å²) in [6.45, 7) is 6.78. The van der Waals surface area contributed by atoms with Crippen molar-refractivity contribution in [1.82, 2.24) is 24.6 Å². The molecular formula is C28H30ClFN6O. The zero-order valence-corrected chi connectivity index (χ0v) is 21.9. The number of anilines is 1. The van der Waals surface area contributed by atoms with Gasteiger partial charge in [-0.3, -0.25) is 4.79 Å². The molecule has 4 aromatic rings. The van der Waals surface area contributed by atoms with Crippen LogP contribution in [0.4, 0.5) is 10.2 Å². The van der Waals surface area contributed by atoms with Crippen molar-refractivity contribution in [2.45, 2.75) is 39.5 Å². The summed E-state index contributed by atoms with van der Waals surface area (Å²) in [5.74, 6) is 1.34. The van der Waals surface area contributed by atoms with E-state index in [2.05, 4.69) is 11.8 Å². The lowest BCUT2D eigenvalue weighted by molar-refractivity contribution is 0.0767. The van der Waals surface area contributed by atoms with E-state index in [1.54, 1.807) is 41.1 Å². The predicted octanol–water partition coefficient (Wildman–Crippen LogP) is 5.61. The minimum Gasteiger partial charge on any atom is -0.354 e. The number of hydrogen-bond donors (Lipinski definition) is 0. The van der Waals surface area contributed by atoms with E-state index in [1.807, 2.05) is 11.8 Å². The van der Waals surface area contributed by atoms with Gasteiger partial charge in [0.2, 0.25) is 0 Å². The van der Waals surface area contributed by atoms with Crippen molar-refractivity contribution >= 4 is 34.4 Å². The molecule has 0 spiro atoms. The molecule has 0 radical (unpaired) electrons. The Bertz CT molecular complexity index is 1400. The molecule has 9 heteroatoms. The minimum atomic E-state index is -0.293. The maximum absolute atomic E-state index is 13.6. The molecule has 37 heavy (non-hydrogen) atoms. The molecule has 192 valence electrons. The van der Waals surface area contributed by atoms with Gasteiger partial charge < -0.3 is 9.80 Å². The summed E-state index contributed by atoms with van der Waals surface area (Å²) in [5.41, 5.74) is 2.93. The summed E-state index contributed by atoms with van der Waals surface area (Å²) >= 11 is 6.00. The van der Waals surface area contributed by atoms with Gasteiger partial charge in [-0.15, -0.1) is 0 Å². The van der Waals surface area contributed by atoms with E-state index in [0.717, 1.165) is 66.3 Å². The summed E-state index contributed by atoms with van der Waals surface area (Å²) < 4.78 is 15.4. The minimum absolute atomic E-state index is 0.00953. The van der Waals surface area contributed by atoms with Crippen LogP contribution < -0.4 is 4.90 Å². The molecule has 1 amide bonds. The van der Waals surface area contributed by atoms with Crippen LogP contribution in [0.1, 0.15) is 48.1 Å². The first-order chi connectivity index (χ1) is 17.9. The topological polar surface area (TPSA) is 67.2 Å². The second-order valence-corrected chi connectivity index (χ2v) is 9.82. The van der Waals surface area contributed by atoms with E-state index in [-0.39, 0.29) is 11.7 Å². The molecule has 0 bridgehead atoms. The molecule has 1 saturated heterocycles. The Morgan fingerprint density at radius 2 is 1.76 bits per heavy atom. The highest BCUT2D eigenvalue weighted by Gasteiger charge is 2.25. The van der Waals surface area contributed by atoms with Crippen molar-refractivity contribution in [3.05, 3.63) is 76.5 Å². The van der Waals surface area contributed by atoms with Crippen LogP contribution in [0.2, 0.25) is 5.02 Å². The number of amides is 1. The Labute approximate surface area is 220 Å². The van der Waals surface area contributed by atoms with Crippen molar-refractivity contribution in [1.29, 1.82) is 0 Å². The maximum Gasteiger partial charge on any atom is 0.253 e. The first kappa shape index (κ1) is 25.1. The molecule has 2 aromatic heterocycles. The van der Waals surface area contributed by atoms with Crippen molar-refractivity contribution in [2.24, 2.45) is 0 Å².